The minimum atomic E-state index is 0.720. The standard InChI is InChI=1S/C13H28N2/c1-5-15(9-11(2)3)10-13-12(4)7-6-8-14-13/h11-14H,5-10H2,1-4H3. The molecule has 0 spiro atoms. The molecule has 1 aliphatic heterocycles. The first kappa shape index (κ1) is 13.0. The van der Waals surface area contributed by atoms with Gasteiger partial charge in [0, 0.05) is 19.1 Å². The second-order valence-electron chi connectivity index (χ2n) is 5.43. The van der Waals surface area contributed by atoms with Crippen molar-refractivity contribution >= 4 is 0 Å². The molecule has 1 aliphatic rings. The molecule has 2 nitrogen and oxygen atoms in total. The highest BCUT2D eigenvalue weighted by Gasteiger charge is 2.22. The van der Waals surface area contributed by atoms with Crippen LogP contribution < -0.4 is 5.32 Å². The van der Waals surface area contributed by atoms with Gasteiger partial charge in [-0.15, -0.1) is 0 Å². The molecule has 0 aromatic heterocycles. The van der Waals surface area contributed by atoms with E-state index >= 15 is 0 Å². The fourth-order valence-electron chi connectivity index (χ4n) is 2.49. The number of nitrogens with zero attached hydrogens (tertiary/aromatic N) is 1. The van der Waals surface area contributed by atoms with Gasteiger partial charge in [-0.2, -0.15) is 0 Å². The van der Waals surface area contributed by atoms with Crippen LogP contribution in [-0.4, -0.2) is 37.1 Å². The van der Waals surface area contributed by atoms with E-state index in [9.17, 15) is 0 Å². The van der Waals surface area contributed by atoms with E-state index in [1.54, 1.807) is 0 Å². The summed E-state index contributed by atoms with van der Waals surface area (Å²) in [4.78, 5) is 2.59. The van der Waals surface area contributed by atoms with Crippen molar-refractivity contribution in [3.8, 4) is 0 Å². The zero-order chi connectivity index (χ0) is 11.3. The highest BCUT2D eigenvalue weighted by atomic mass is 15.1. The normalized spacial score (nSPS) is 27.6. The van der Waals surface area contributed by atoms with E-state index in [2.05, 4.69) is 37.9 Å². The van der Waals surface area contributed by atoms with Crippen LogP contribution in [0.15, 0.2) is 0 Å². The van der Waals surface area contributed by atoms with Gasteiger partial charge in [0.25, 0.3) is 0 Å². The number of nitrogens with one attached hydrogen (secondary N) is 1. The van der Waals surface area contributed by atoms with Crippen molar-refractivity contribution in [1.29, 1.82) is 0 Å². The minimum Gasteiger partial charge on any atom is -0.312 e. The molecule has 0 radical (unpaired) electrons. The summed E-state index contributed by atoms with van der Waals surface area (Å²) in [7, 11) is 0. The van der Waals surface area contributed by atoms with Crippen LogP contribution >= 0.6 is 0 Å². The zero-order valence-electron chi connectivity index (χ0n) is 10.9. The molecule has 0 aliphatic carbocycles. The summed E-state index contributed by atoms with van der Waals surface area (Å²) in [5.74, 6) is 1.63. The molecule has 1 rings (SSSR count). The van der Waals surface area contributed by atoms with Crippen LogP contribution in [0.5, 0.6) is 0 Å². The average Bonchev–Trinajstić information content (AvgIpc) is 2.19. The lowest BCUT2D eigenvalue weighted by Crippen LogP contribution is -2.48. The summed E-state index contributed by atoms with van der Waals surface area (Å²) in [5.41, 5.74) is 0. The third-order valence-electron chi connectivity index (χ3n) is 3.46. The molecule has 90 valence electrons. The Hall–Kier alpha value is -0.0800. The Morgan fingerprint density at radius 2 is 2.13 bits per heavy atom. The molecular formula is C13H28N2. The van der Waals surface area contributed by atoms with E-state index in [0.29, 0.717) is 0 Å². The average molecular weight is 212 g/mol. The maximum Gasteiger partial charge on any atom is 0.0220 e. The van der Waals surface area contributed by atoms with E-state index in [1.165, 1.54) is 39.0 Å². The summed E-state index contributed by atoms with van der Waals surface area (Å²) in [5, 5.41) is 3.67. The SMILES string of the molecule is CCN(CC(C)C)CC1NCCCC1C. The van der Waals surface area contributed by atoms with E-state index < -0.39 is 0 Å². The smallest absolute Gasteiger partial charge is 0.0220 e. The predicted octanol–water partition coefficient (Wildman–Crippen LogP) is 2.35. The van der Waals surface area contributed by atoms with E-state index in [0.717, 1.165) is 17.9 Å². The van der Waals surface area contributed by atoms with Crippen LogP contribution in [0.4, 0.5) is 0 Å². The van der Waals surface area contributed by atoms with Crippen molar-refractivity contribution in [2.45, 2.75) is 46.6 Å². The third kappa shape index (κ3) is 4.52. The van der Waals surface area contributed by atoms with Crippen LogP contribution in [0.2, 0.25) is 0 Å². The van der Waals surface area contributed by atoms with Gasteiger partial charge in [-0.3, -0.25) is 0 Å². The van der Waals surface area contributed by atoms with Crippen LogP contribution in [0.25, 0.3) is 0 Å². The number of hydrogen-bond donors (Lipinski definition) is 1. The highest BCUT2D eigenvalue weighted by Crippen LogP contribution is 2.16. The van der Waals surface area contributed by atoms with Crippen molar-refractivity contribution in [3.63, 3.8) is 0 Å². The van der Waals surface area contributed by atoms with Crippen LogP contribution in [0.3, 0.4) is 0 Å². The van der Waals surface area contributed by atoms with Crippen LogP contribution in [0.1, 0.15) is 40.5 Å². The van der Waals surface area contributed by atoms with Crippen molar-refractivity contribution < 1.29 is 0 Å². The number of piperidine rings is 1. The quantitative estimate of drug-likeness (QED) is 0.752. The maximum absolute atomic E-state index is 3.67. The molecule has 2 heteroatoms. The van der Waals surface area contributed by atoms with Crippen molar-refractivity contribution in [2.24, 2.45) is 11.8 Å². The van der Waals surface area contributed by atoms with Gasteiger partial charge in [-0.05, 0) is 37.8 Å². The largest absolute Gasteiger partial charge is 0.312 e. The number of hydrogen-bond acceptors (Lipinski definition) is 2. The van der Waals surface area contributed by atoms with Gasteiger partial charge in [0.2, 0.25) is 0 Å². The van der Waals surface area contributed by atoms with Crippen molar-refractivity contribution in [2.75, 3.05) is 26.2 Å². The van der Waals surface area contributed by atoms with E-state index in [4.69, 9.17) is 0 Å². The molecule has 0 aromatic carbocycles. The molecule has 1 heterocycles. The van der Waals surface area contributed by atoms with Gasteiger partial charge in [0.15, 0.2) is 0 Å². The molecule has 1 fully saturated rings. The predicted molar refractivity (Wildman–Crippen MR) is 67.1 cm³/mol. The lowest BCUT2D eigenvalue weighted by molar-refractivity contribution is 0.183. The first-order valence-electron chi connectivity index (χ1n) is 6.59. The molecule has 15 heavy (non-hydrogen) atoms. The Morgan fingerprint density at radius 3 is 2.67 bits per heavy atom. The summed E-state index contributed by atoms with van der Waals surface area (Å²) < 4.78 is 0. The van der Waals surface area contributed by atoms with E-state index in [1.807, 2.05) is 0 Å². The fraction of sp³-hybridized carbons (Fsp3) is 1.00. The minimum absolute atomic E-state index is 0.720. The van der Waals surface area contributed by atoms with Crippen molar-refractivity contribution in [1.82, 2.24) is 10.2 Å². The van der Waals surface area contributed by atoms with Crippen LogP contribution in [0, 0.1) is 11.8 Å². The first-order valence-corrected chi connectivity index (χ1v) is 6.59. The first-order chi connectivity index (χ1) is 7.13. The Morgan fingerprint density at radius 1 is 1.40 bits per heavy atom. The molecule has 2 atom stereocenters. The fourth-order valence-corrected chi connectivity index (χ4v) is 2.49. The molecule has 0 amide bonds. The maximum atomic E-state index is 3.67. The van der Waals surface area contributed by atoms with Gasteiger partial charge >= 0.3 is 0 Å². The molecule has 0 bridgehead atoms. The third-order valence-corrected chi connectivity index (χ3v) is 3.46. The molecule has 0 saturated carbocycles. The summed E-state index contributed by atoms with van der Waals surface area (Å²) in [6.45, 7) is 14.1. The Bertz CT molecular complexity index is 168. The molecule has 0 aromatic rings. The van der Waals surface area contributed by atoms with Crippen LogP contribution in [-0.2, 0) is 0 Å². The zero-order valence-corrected chi connectivity index (χ0v) is 10.9. The van der Waals surface area contributed by atoms with Gasteiger partial charge in [-0.1, -0.05) is 27.7 Å². The van der Waals surface area contributed by atoms with Gasteiger partial charge in [0.1, 0.15) is 0 Å². The summed E-state index contributed by atoms with van der Waals surface area (Å²) in [6.07, 6.45) is 2.75. The summed E-state index contributed by atoms with van der Waals surface area (Å²) in [6, 6.07) is 0.720. The Labute approximate surface area is 95.4 Å². The number of rotatable bonds is 5. The van der Waals surface area contributed by atoms with Gasteiger partial charge < -0.3 is 10.2 Å². The second kappa shape index (κ2) is 6.49. The Kier molecular flexibility index (Phi) is 5.62. The summed E-state index contributed by atoms with van der Waals surface area (Å²) >= 11 is 0. The lowest BCUT2D eigenvalue weighted by atomic mass is 9.92. The molecule has 1 saturated heterocycles. The van der Waals surface area contributed by atoms with Gasteiger partial charge in [-0.25, -0.2) is 0 Å². The van der Waals surface area contributed by atoms with Gasteiger partial charge in [0.05, 0.1) is 0 Å². The number of likely N-dealkylation sites (N-methyl/N-ethyl adjacent to an activating group) is 1. The highest BCUT2D eigenvalue weighted by molar-refractivity contribution is 4.81. The molecular weight excluding hydrogens is 184 g/mol. The van der Waals surface area contributed by atoms with E-state index in [-0.39, 0.29) is 0 Å². The second-order valence-corrected chi connectivity index (χ2v) is 5.43. The molecule has 2 unspecified atom stereocenters. The Balaban J connectivity index is 2.35. The lowest BCUT2D eigenvalue weighted by Gasteiger charge is -2.35. The molecule has 1 N–H and O–H groups in total. The topological polar surface area (TPSA) is 15.3 Å². The van der Waals surface area contributed by atoms with Crippen molar-refractivity contribution in [3.05, 3.63) is 0 Å². The monoisotopic (exact) mass is 212 g/mol.